The number of Topliss-reactive ketones (excluding diaryl/α,β-unsaturated/α-hetero) is 1. The molecule has 0 fully saturated rings. The summed E-state index contributed by atoms with van der Waals surface area (Å²) in [5.74, 6) is -4.31. The number of amides is 7. The lowest BCUT2D eigenvalue weighted by Gasteiger charge is -2.32. The molecule has 1 unspecified atom stereocenters. The number of rotatable bonds is 19. The van der Waals surface area contributed by atoms with Crippen LogP contribution in [0.5, 0.6) is 0 Å². The van der Waals surface area contributed by atoms with Crippen molar-refractivity contribution in [2.75, 3.05) is 56.4 Å². The topological polar surface area (TPSA) is 291 Å². The predicted molar refractivity (Wildman–Crippen MR) is 264 cm³/mol. The van der Waals surface area contributed by atoms with Gasteiger partial charge < -0.3 is 47.4 Å². The van der Waals surface area contributed by atoms with E-state index in [9.17, 15) is 38.4 Å². The summed E-state index contributed by atoms with van der Waals surface area (Å²) in [5, 5.41) is 20.4. The van der Waals surface area contributed by atoms with E-state index in [-0.39, 0.29) is 61.2 Å². The van der Waals surface area contributed by atoms with Gasteiger partial charge in [-0.1, -0.05) is 32.4 Å². The molecule has 4 rings (SSSR count). The van der Waals surface area contributed by atoms with E-state index in [1.54, 1.807) is 38.3 Å². The SMILES string of the molecule is CC(=O)C[C@@H]1NC(=O)CNC(=O)[C@H](CCCN=CN)N(C)C(=O)C(C(C)C)NC(=O)c2cc(cc(NC(=O)CCCCCNC(=O)c3ccc(N/N=C\c4ccc(N(C)C)cc4)nc3)c2)CNC1=O. The molecule has 9 N–H and O–H groups in total. The van der Waals surface area contributed by atoms with Crippen LogP contribution in [0.15, 0.2) is 70.9 Å². The Labute approximate surface area is 402 Å². The third-order valence-electron chi connectivity index (χ3n) is 11.0. The number of carbonyl (C=O) groups excluding carboxylic acids is 8. The number of aromatic nitrogens is 1. The number of anilines is 3. The number of carbonyl (C=O) groups is 8. The summed E-state index contributed by atoms with van der Waals surface area (Å²) in [7, 11) is 5.37. The lowest BCUT2D eigenvalue weighted by molar-refractivity contribution is -0.141. The van der Waals surface area contributed by atoms with Crippen LogP contribution in [0.1, 0.15) is 97.6 Å². The van der Waals surface area contributed by atoms with Gasteiger partial charge in [-0.05, 0) is 92.1 Å². The van der Waals surface area contributed by atoms with Crippen molar-refractivity contribution >= 4 is 76.9 Å². The second kappa shape index (κ2) is 27.2. The summed E-state index contributed by atoms with van der Waals surface area (Å²) < 4.78 is 0. The molecule has 3 aromatic rings. The van der Waals surface area contributed by atoms with Crippen LogP contribution in [0.4, 0.5) is 17.2 Å². The fourth-order valence-electron chi connectivity index (χ4n) is 7.14. The predicted octanol–water partition coefficient (Wildman–Crippen LogP) is 2.08. The number of hydrazone groups is 1. The van der Waals surface area contributed by atoms with Crippen molar-refractivity contribution in [3.63, 3.8) is 0 Å². The number of nitrogens with one attached hydrogen (secondary N) is 7. The normalized spacial score (nSPS) is 17.3. The molecule has 1 aliphatic heterocycles. The van der Waals surface area contributed by atoms with Gasteiger partial charge in [0.2, 0.25) is 29.5 Å². The van der Waals surface area contributed by atoms with Crippen LogP contribution in [0.2, 0.25) is 0 Å². The number of hydrogen-bond donors (Lipinski definition) is 8. The lowest BCUT2D eigenvalue weighted by Crippen LogP contribution is -2.57. The molecule has 0 aliphatic carbocycles. The molecule has 0 saturated carbocycles. The van der Waals surface area contributed by atoms with Crippen molar-refractivity contribution < 1.29 is 38.4 Å². The number of nitrogens with two attached hydrogens (primary N) is 1. The zero-order valence-corrected chi connectivity index (χ0v) is 40.1. The van der Waals surface area contributed by atoms with Crippen LogP contribution in [0.25, 0.3) is 0 Å². The summed E-state index contributed by atoms with van der Waals surface area (Å²) in [5.41, 5.74) is 11.3. The maximum atomic E-state index is 14.0. The van der Waals surface area contributed by atoms with Crippen LogP contribution in [-0.4, -0.2) is 128 Å². The zero-order valence-electron chi connectivity index (χ0n) is 40.1. The number of likely N-dealkylation sites (N-methyl/N-ethyl adjacent to an activating group) is 1. The summed E-state index contributed by atoms with van der Waals surface area (Å²) >= 11 is 0. The van der Waals surface area contributed by atoms with Crippen LogP contribution >= 0.6 is 0 Å². The van der Waals surface area contributed by atoms with Crippen LogP contribution in [0.3, 0.4) is 0 Å². The second-order valence-corrected chi connectivity index (χ2v) is 17.1. The molecule has 2 bridgehead atoms. The van der Waals surface area contributed by atoms with E-state index in [1.165, 1.54) is 37.2 Å². The number of benzene rings is 2. The van der Waals surface area contributed by atoms with Crippen molar-refractivity contribution in [3.8, 4) is 0 Å². The number of hydrogen-bond acceptors (Lipinski definition) is 13. The third-order valence-corrected chi connectivity index (χ3v) is 11.0. The lowest BCUT2D eigenvalue weighted by atomic mass is 9.99. The maximum Gasteiger partial charge on any atom is 0.252 e. The molecule has 0 saturated heterocycles. The highest BCUT2D eigenvalue weighted by atomic mass is 16.2. The number of aliphatic imine (C=N–C) groups is 1. The first-order valence-electron chi connectivity index (χ1n) is 22.8. The molecule has 1 aromatic heterocycles. The highest BCUT2D eigenvalue weighted by molar-refractivity contribution is 6.01. The van der Waals surface area contributed by atoms with E-state index in [0.717, 1.165) is 17.6 Å². The van der Waals surface area contributed by atoms with E-state index < -0.39 is 60.1 Å². The van der Waals surface area contributed by atoms with E-state index in [4.69, 9.17) is 5.73 Å². The molecule has 0 radical (unpaired) electrons. The number of ketones is 1. The number of nitrogens with zero attached hydrogens (tertiary/aromatic N) is 5. The fraction of sp³-hybridized carbons (Fsp3) is 0.438. The number of unbranched alkanes of at least 4 members (excludes halogenated alkanes) is 2. The van der Waals surface area contributed by atoms with Gasteiger partial charge in [-0.2, -0.15) is 5.10 Å². The maximum absolute atomic E-state index is 14.0. The standard InChI is InChI=1S/C48H65N13O8/c1-30(2)43-48(69)61(6)39(11-10-19-50-29-49)47(68)54-28-42(64)57-38(21-31(3)62)46(67)53-25-33-22-35(45(66)58-43)24-36(23-33)56-41(63)12-8-7-9-20-51-44(65)34-15-18-40(52-27-34)59-55-26-32-13-16-37(17-14-32)60(4)5/h13-18,22-24,26-27,29-30,38-39,43H,7-12,19-21,25,28H2,1-6H3,(H2,49,50)(H,51,65)(H,52,59)(H,53,67)(H,54,68)(H,56,63)(H,57,64)(H,58,66)/b55-26-/t38-,39-,43?/m0/s1. The Kier molecular flexibility index (Phi) is 21.2. The minimum absolute atomic E-state index is 0.0640. The molecule has 2 aromatic carbocycles. The van der Waals surface area contributed by atoms with Gasteiger partial charge in [0.15, 0.2) is 0 Å². The first-order valence-corrected chi connectivity index (χ1v) is 22.8. The van der Waals surface area contributed by atoms with E-state index in [1.807, 2.05) is 43.3 Å². The molecule has 370 valence electrons. The first-order chi connectivity index (χ1) is 32.9. The Balaban J connectivity index is 1.39. The molecule has 21 heteroatoms. The number of fused-ring (bicyclic) bond motifs is 2. The Bertz CT molecular complexity index is 2340. The smallest absolute Gasteiger partial charge is 0.252 e. The Morgan fingerprint density at radius 1 is 0.928 bits per heavy atom. The Morgan fingerprint density at radius 3 is 2.33 bits per heavy atom. The monoisotopic (exact) mass is 952 g/mol. The average molecular weight is 952 g/mol. The van der Waals surface area contributed by atoms with Crippen molar-refractivity contribution in [1.29, 1.82) is 0 Å². The molecule has 0 spiro atoms. The third kappa shape index (κ3) is 17.8. The van der Waals surface area contributed by atoms with Gasteiger partial charge >= 0.3 is 0 Å². The fourth-order valence-corrected chi connectivity index (χ4v) is 7.14. The summed E-state index contributed by atoms with van der Waals surface area (Å²) in [4.78, 5) is 117. The molecule has 21 nitrogen and oxygen atoms in total. The summed E-state index contributed by atoms with van der Waals surface area (Å²) in [6, 6.07) is 12.2. The van der Waals surface area contributed by atoms with Gasteiger partial charge in [0.05, 0.1) is 24.7 Å². The summed E-state index contributed by atoms with van der Waals surface area (Å²) in [6.45, 7) is 4.66. The second-order valence-electron chi connectivity index (χ2n) is 17.1. The van der Waals surface area contributed by atoms with E-state index in [0.29, 0.717) is 49.2 Å². The molecular formula is C48H65N13O8. The van der Waals surface area contributed by atoms with Gasteiger partial charge in [-0.3, -0.25) is 48.8 Å². The van der Waals surface area contributed by atoms with Gasteiger partial charge in [0.25, 0.3) is 11.8 Å². The van der Waals surface area contributed by atoms with Gasteiger partial charge in [0.1, 0.15) is 29.7 Å². The van der Waals surface area contributed by atoms with E-state index in [2.05, 4.69) is 52.4 Å². The van der Waals surface area contributed by atoms with Crippen LogP contribution < -0.4 is 48.0 Å². The van der Waals surface area contributed by atoms with Gasteiger partial charge in [-0.15, -0.1) is 0 Å². The van der Waals surface area contributed by atoms with Crippen molar-refractivity contribution in [1.82, 2.24) is 36.5 Å². The summed E-state index contributed by atoms with van der Waals surface area (Å²) in [6.07, 6.45) is 6.23. The van der Waals surface area contributed by atoms with Crippen LogP contribution in [0, 0.1) is 5.92 Å². The molecule has 2 heterocycles. The molecular weight excluding hydrogens is 887 g/mol. The largest absolute Gasteiger partial charge is 0.390 e. The Hall–Kier alpha value is -7.71. The van der Waals surface area contributed by atoms with Gasteiger partial charge in [0, 0.05) is 76.8 Å². The van der Waals surface area contributed by atoms with E-state index >= 15 is 0 Å². The highest BCUT2D eigenvalue weighted by Gasteiger charge is 2.34. The highest BCUT2D eigenvalue weighted by Crippen LogP contribution is 2.19. The molecule has 1 aliphatic rings. The first kappa shape index (κ1) is 53.9. The van der Waals surface area contributed by atoms with Crippen LogP contribution in [-0.2, 0) is 35.3 Å². The number of pyridine rings is 1. The quantitative estimate of drug-likeness (QED) is 0.0371. The minimum atomic E-state index is -1.29. The molecule has 69 heavy (non-hydrogen) atoms. The van der Waals surface area contributed by atoms with Crippen molar-refractivity contribution in [2.45, 2.75) is 90.4 Å². The van der Waals surface area contributed by atoms with Gasteiger partial charge in [-0.25, -0.2) is 4.98 Å². The Morgan fingerprint density at radius 2 is 1.67 bits per heavy atom. The molecule has 7 amide bonds. The minimum Gasteiger partial charge on any atom is -0.390 e. The average Bonchev–Trinajstić information content (AvgIpc) is 3.31. The molecule has 3 atom stereocenters. The zero-order chi connectivity index (χ0) is 50.5. The van der Waals surface area contributed by atoms with Crippen molar-refractivity contribution in [2.24, 2.45) is 21.7 Å². The van der Waals surface area contributed by atoms with Crippen molar-refractivity contribution in [3.05, 3.63) is 83.0 Å².